The van der Waals surface area contributed by atoms with Crippen LogP contribution in [0.4, 0.5) is 5.69 Å². The van der Waals surface area contributed by atoms with Crippen LogP contribution >= 0.6 is 0 Å². The predicted octanol–water partition coefficient (Wildman–Crippen LogP) is 1.35. The van der Waals surface area contributed by atoms with Gasteiger partial charge in [0.05, 0.1) is 17.1 Å². The summed E-state index contributed by atoms with van der Waals surface area (Å²) < 4.78 is 1.86. The van der Waals surface area contributed by atoms with Gasteiger partial charge >= 0.3 is 0 Å². The maximum Gasteiger partial charge on any atom is 0.0999 e. The van der Waals surface area contributed by atoms with Crippen LogP contribution in [0.15, 0.2) is 24.3 Å². The topological polar surface area (TPSA) is 60.0 Å². The fourth-order valence-corrected chi connectivity index (χ4v) is 1.94. The van der Waals surface area contributed by atoms with E-state index in [-0.39, 0.29) is 0 Å². The van der Waals surface area contributed by atoms with E-state index in [2.05, 4.69) is 34.3 Å². The van der Waals surface area contributed by atoms with Gasteiger partial charge in [-0.1, -0.05) is 12.1 Å². The van der Waals surface area contributed by atoms with Gasteiger partial charge in [0.15, 0.2) is 0 Å². The summed E-state index contributed by atoms with van der Waals surface area (Å²) >= 11 is 0. The summed E-state index contributed by atoms with van der Waals surface area (Å²) in [4.78, 5) is 2.07. The minimum Gasteiger partial charge on any atom is -0.378 e. The van der Waals surface area contributed by atoms with Gasteiger partial charge < -0.3 is 10.6 Å². The molecule has 1 aromatic heterocycles. The zero-order chi connectivity index (χ0) is 13.1. The molecule has 0 atom stereocenters. The number of benzene rings is 1. The van der Waals surface area contributed by atoms with E-state index in [4.69, 9.17) is 5.73 Å². The van der Waals surface area contributed by atoms with Crippen molar-refractivity contribution in [3.8, 4) is 5.69 Å². The highest BCUT2D eigenvalue weighted by Gasteiger charge is 2.11. The lowest BCUT2D eigenvalue weighted by molar-refractivity contribution is 0.767. The molecule has 2 rings (SSSR count). The van der Waals surface area contributed by atoms with Crippen molar-refractivity contribution in [3.05, 3.63) is 35.7 Å². The predicted molar refractivity (Wildman–Crippen MR) is 73.0 cm³/mol. The van der Waals surface area contributed by atoms with E-state index < -0.39 is 0 Å². The minimum atomic E-state index is 0.430. The molecule has 0 bridgehead atoms. The monoisotopic (exact) mass is 245 g/mol. The second kappa shape index (κ2) is 5.18. The second-order valence-corrected chi connectivity index (χ2v) is 4.36. The average molecular weight is 245 g/mol. The van der Waals surface area contributed by atoms with Gasteiger partial charge in [0, 0.05) is 26.3 Å². The molecule has 0 radical (unpaired) electrons. The zero-order valence-corrected chi connectivity index (χ0v) is 11.1. The third kappa shape index (κ3) is 2.22. The Balaban J connectivity index is 2.39. The Labute approximate surface area is 107 Å². The lowest BCUT2D eigenvalue weighted by atomic mass is 10.2. The van der Waals surface area contributed by atoms with E-state index in [0.29, 0.717) is 6.54 Å². The number of nitrogens with zero attached hydrogens (tertiary/aromatic N) is 4. The largest absolute Gasteiger partial charge is 0.378 e. The van der Waals surface area contributed by atoms with Crippen LogP contribution in [0.3, 0.4) is 0 Å². The number of aromatic nitrogens is 3. The van der Waals surface area contributed by atoms with Crippen molar-refractivity contribution in [1.29, 1.82) is 0 Å². The van der Waals surface area contributed by atoms with Gasteiger partial charge in [-0.3, -0.25) is 0 Å². The van der Waals surface area contributed by atoms with Crippen molar-refractivity contribution in [2.45, 2.75) is 19.9 Å². The summed E-state index contributed by atoms with van der Waals surface area (Å²) in [6.45, 7) is 2.52. The third-order valence-corrected chi connectivity index (χ3v) is 2.98. The quantitative estimate of drug-likeness (QED) is 0.883. The smallest absolute Gasteiger partial charge is 0.0999 e. The van der Waals surface area contributed by atoms with Crippen molar-refractivity contribution in [2.24, 2.45) is 5.73 Å². The Morgan fingerprint density at radius 3 is 2.39 bits per heavy atom. The third-order valence-electron chi connectivity index (χ3n) is 2.98. The van der Waals surface area contributed by atoms with E-state index in [9.17, 15) is 0 Å². The molecule has 2 aromatic rings. The van der Waals surface area contributed by atoms with Crippen LogP contribution in [-0.4, -0.2) is 29.1 Å². The van der Waals surface area contributed by atoms with Crippen LogP contribution < -0.4 is 10.6 Å². The van der Waals surface area contributed by atoms with Gasteiger partial charge in [-0.25, -0.2) is 4.68 Å². The van der Waals surface area contributed by atoms with Crippen LogP contribution in [0.25, 0.3) is 5.69 Å². The fraction of sp³-hybridized carbons (Fsp3) is 0.385. The summed E-state index contributed by atoms with van der Waals surface area (Å²) in [5.41, 5.74) is 9.79. The van der Waals surface area contributed by atoms with Gasteiger partial charge in [0.25, 0.3) is 0 Å². The molecule has 0 aliphatic heterocycles. The highest BCUT2D eigenvalue weighted by molar-refractivity contribution is 5.50. The fourth-order valence-electron chi connectivity index (χ4n) is 1.94. The molecule has 2 N–H and O–H groups in total. The molecule has 0 fully saturated rings. The van der Waals surface area contributed by atoms with Crippen molar-refractivity contribution in [2.75, 3.05) is 19.0 Å². The van der Waals surface area contributed by atoms with E-state index in [0.717, 1.165) is 29.2 Å². The van der Waals surface area contributed by atoms with Gasteiger partial charge in [0.2, 0.25) is 0 Å². The van der Waals surface area contributed by atoms with Gasteiger partial charge in [-0.05, 0) is 30.7 Å². The summed E-state index contributed by atoms with van der Waals surface area (Å²) in [7, 11) is 4.04. The van der Waals surface area contributed by atoms with Crippen molar-refractivity contribution < 1.29 is 0 Å². The first-order valence-corrected chi connectivity index (χ1v) is 6.08. The maximum atomic E-state index is 5.66. The van der Waals surface area contributed by atoms with Gasteiger partial charge in [-0.2, -0.15) is 0 Å². The minimum absolute atomic E-state index is 0.430. The van der Waals surface area contributed by atoms with Crippen LogP contribution in [0.1, 0.15) is 18.3 Å². The van der Waals surface area contributed by atoms with Crippen LogP contribution in [-0.2, 0) is 13.0 Å². The maximum absolute atomic E-state index is 5.66. The normalized spacial score (nSPS) is 10.7. The molecule has 1 heterocycles. The molecule has 5 nitrogen and oxygen atoms in total. The van der Waals surface area contributed by atoms with Gasteiger partial charge in [-0.15, -0.1) is 5.10 Å². The molecule has 0 aliphatic carbocycles. The Kier molecular flexibility index (Phi) is 3.62. The summed E-state index contributed by atoms with van der Waals surface area (Å²) in [5, 5.41) is 8.29. The number of hydrogen-bond donors (Lipinski definition) is 1. The van der Waals surface area contributed by atoms with E-state index in [1.807, 2.05) is 30.9 Å². The first-order valence-electron chi connectivity index (χ1n) is 6.08. The molecule has 0 saturated heterocycles. The summed E-state index contributed by atoms with van der Waals surface area (Å²) in [5.74, 6) is 0. The molecular weight excluding hydrogens is 226 g/mol. The molecule has 0 saturated carbocycles. The average Bonchev–Trinajstić information content (AvgIpc) is 2.81. The number of anilines is 1. The molecule has 0 amide bonds. The molecule has 5 heteroatoms. The molecular formula is C13H19N5. The SMILES string of the molecule is CCc1c(CN)nnn1-c1ccc(N(C)C)cc1. The highest BCUT2D eigenvalue weighted by Crippen LogP contribution is 2.17. The van der Waals surface area contributed by atoms with E-state index in [1.54, 1.807) is 0 Å². The van der Waals surface area contributed by atoms with Crippen molar-refractivity contribution in [1.82, 2.24) is 15.0 Å². The molecule has 0 spiro atoms. The number of rotatable bonds is 4. The van der Waals surface area contributed by atoms with E-state index in [1.165, 1.54) is 0 Å². The molecule has 96 valence electrons. The number of hydrogen-bond acceptors (Lipinski definition) is 4. The zero-order valence-electron chi connectivity index (χ0n) is 11.1. The first-order chi connectivity index (χ1) is 8.67. The second-order valence-electron chi connectivity index (χ2n) is 4.36. The summed E-state index contributed by atoms with van der Waals surface area (Å²) in [6, 6.07) is 8.23. The van der Waals surface area contributed by atoms with Crippen molar-refractivity contribution in [3.63, 3.8) is 0 Å². The first kappa shape index (κ1) is 12.6. The Bertz CT molecular complexity index is 513. The molecule has 0 aliphatic rings. The Hall–Kier alpha value is -1.88. The van der Waals surface area contributed by atoms with E-state index >= 15 is 0 Å². The molecule has 1 aromatic carbocycles. The van der Waals surface area contributed by atoms with Crippen LogP contribution in [0.2, 0.25) is 0 Å². The molecule has 0 unspecified atom stereocenters. The van der Waals surface area contributed by atoms with Crippen LogP contribution in [0.5, 0.6) is 0 Å². The Morgan fingerprint density at radius 2 is 1.89 bits per heavy atom. The van der Waals surface area contributed by atoms with Crippen LogP contribution in [0, 0.1) is 0 Å². The number of nitrogens with two attached hydrogens (primary N) is 1. The van der Waals surface area contributed by atoms with Gasteiger partial charge in [0.1, 0.15) is 0 Å². The molecule has 18 heavy (non-hydrogen) atoms. The Morgan fingerprint density at radius 1 is 1.22 bits per heavy atom. The lowest BCUT2D eigenvalue weighted by Crippen LogP contribution is -2.09. The summed E-state index contributed by atoms with van der Waals surface area (Å²) in [6.07, 6.45) is 0.870. The standard InChI is InChI=1S/C13H19N5/c1-4-13-12(9-14)15-16-18(13)11-7-5-10(6-8-11)17(2)3/h5-8H,4,9,14H2,1-3H3. The highest BCUT2D eigenvalue weighted by atomic mass is 15.4. The van der Waals surface area contributed by atoms with Crippen molar-refractivity contribution >= 4 is 5.69 Å². The lowest BCUT2D eigenvalue weighted by Gasteiger charge is -2.13.